The quantitative estimate of drug-likeness (QED) is 0.848. The molecule has 1 fully saturated rings. The second-order valence-electron chi connectivity index (χ2n) is 6.21. The predicted molar refractivity (Wildman–Crippen MR) is 91.4 cm³/mol. The first kappa shape index (κ1) is 19.1. The van der Waals surface area contributed by atoms with Crippen LogP contribution in [-0.4, -0.2) is 29.6 Å². The Morgan fingerprint density at radius 2 is 1.81 bits per heavy atom. The topological polar surface area (TPSA) is 86.5 Å². The van der Waals surface area contributed by atoms with Gasteiger partial charge in [-0.15, -0.1) is 0 Å². The molecule has 9 heteroatoms. The van der Waals surface area contributed by atoms with Crippen LogP contribution >= 0.6 is 0 Å². The minimum Gasteiger partial charge on any atom is -0.439 e. The Kier molecular flexibility index (Phi) is 5.33. The van der Waals surface area contributed by atoms with Crippen molar-refractivity contribution in [1.82, 2.24) is 4.98 Å². The Morgan fingerprint density at radius 3 is 2.44 bits per heavy atom. The summed E-state index contributed by atoms with van der Waals surface area (Å²) >= 11 is 0. The minimum atomic E-state index is -4.55. The summed E-state index contributed by atoms with van der Waals surface area (Å²) in [6.07, 6.45) is -3.68. The SMILES string of the molecule is NC1(C(=O)Nc2ccc(Oc3cccc(C(F)(F)F)n3)cc2)CCOCC1. The normalized spacial score (nSPS) is 16.6. The number of amides is 1. The van der Waals surface area contributed by atoms with Gasteiger partial charge in [0.2, 0.25) is 11.8 Å². The molecule has 0 saturated carbocycles. The molecule has 1 saturated heterocycles. The summed E-state index contributed by atoms with van der Waals surface area (Å²) in [6.45, 7) is 0.862. The predicted octanol–water partition coefficient (Wildman–Crippen LogP) is 3.34. The fourth-order valence-electron chi connectivity index (χ4n) is 2.57. The van der Waals surface area contributed by atoms with Crippen molar-refractivity contribution in [1.29, 1.82) is 0 Å². The van der Waals surface area contributed by atoms with Gasteiger partial charge in [0.25, 0.3) is 0 Å². The number of hydrogen-bond acceptors (Lipinski definition) is 5. The van der Waals surface area contributed by atoms with Gasteiger partial charge in [0.15, 0.2) is 0 Å². The van der Waals surface area contributed by atoms with Gasteiger partial charge >= 0.3 is 6.18 Å². The third-order valence-electron chi connectivity index (χ3n) is 4.19. The molecule has 0 radical (unpaired) electrons. The molecule has 1 aliphatic heterocycles. The number of ether oxygens (including phenoxy) is 2. The summed E-state index contributed by atoms with van der Waals surface area (Å²) in [7, 11) is 0. The highest BCUT2D eigenvalue weighted by Gasteiger charge is 2.36. The number of aromatic nitrogens is 1. The van der Waals surface area contributed by atoms with Crippen molar-refractivity contribution in [3.05, 3.63) is 48.2 Å². The lowest BCUT2D eigenvalue weighted by atomic mass is 9.90. The Labute approximate surface area is 153 Å². The molecule has 144 valence electrons. The second kappa shape index (κ2) is 7.53. The maximum atomic E-state index is 12.7. The number of benzene rings is 1. The lowest BCUT2D eigenvalue weighted by molar-refractivity contribution is -0.141. The van der Waals surface area contributed by atoms with Gasteiger partial charge in [0.1, 0.15) is 17.0 Å². The van der Waals surface area contributed by atoms with Crippen molar-refractivity contribution in [2.45, 2.75) is 24.6 Å². The molecule has 1 amide bonds. The summed E-state index contributed by atoms with van der Waals surface area (Å²) in [5.41, 5.74) is 4.60. The highest BCUT2D eigenvalue weighted by molar-refractivity contribution is 5.98. The van der Waals surface area contributed by atoms with Crippen LogP contribution in [0.15, 0.2) is 42.5 Å². The summed E-state index contributed by atoms with van der Waals surface area (Å²) < 4.78 is 48.6. The third-order valence-corrected chi connectivity index (χ3v) is 4.19. The summed E-state index contributed by atoms with van der Waals surface area (Å²) in [6, 6.07) is 9.59. The van der Waals surface area contributed by atoms with Crippen molar-refractivity contribution in [2.75, 3.05) is 18.5 Å². The standard InChI is InChI=1S/C18H18F3N3O3/c19-18(20,21)14-2-1-3-15(24-14)27-13-6-4-12(5-7-13)23-16(25)17(22)8-10-26-11-9-17/h1-7H,8-11,22H2,(H,23,25). The van der Waals surface area contributed by atoms with E-state index < -0.39 is 17.4 Å². The molecular weight excluding hydrogens is 363 g/mol. The van der Waals surface area contributed by atoms with Crippen LogP contribution in [0.1, 0.15) is 18.5 Å². The molecule has 0 bridgehead atoms. The number of alkyl halides is 3. The second-order valence-corrected chi connectivity index (χ2v) is 6.21. The Morgan fingerprint density at radius 1 is 1.15 bits per heavy atom. The Balaban J connectivity index is 1.65. The van der Waals surface area contributed by atoms with E-state index in [1.54, 1.807) is 12.1 Å². The van der Waals surface area contributed by atoms with Crippen molar-refractivity contribution in [2.24, 2.45) is 5.73 Å². The number of nitrogens with one attached hydrogen (secondary N) is 1. The fraction of sp³-hybridized carbons (Fsp3) is 0.333. The number of carbonyl (C=O) groups is 1. The molecule has 27 heavy (non-hydrogen) atoms. The molecule has 3 N–H and O–H groups in total. The summed E-state index contributed by atoms with van der Waals surface area (Å²) in [5, 5.41) is 2.73. The number of nitrogens with zero attached hydrogens (tertiary/aromatic N) is 1. The van der Waals surface area contributed by atoms with Crippen LogP contribution in [0.4, 0.5) is 18.9 Å². The highest BCUT2D eigenvalue weighted by atomic mass is 19.4. The van der Waals surface area contributed by atoms with E-state index in [-0.39, 0.29) is 17.5 Å². The molecule has 1 aromatic carbocycles. The third kappa shape index (κ3) is 4.75. The molecule has 3 rings (SSSR count). The lowest BCUT2D eigenvalue weighted by Gasteiger charge is -2.31. The van der Waals surface area contributed by atoms with Crippen LogP contribution in [0, 0.1) is 0 Å². The van der Waals surface area contributed by atoms with E-state index in [1.165, 1.54) is 24.3 Å². The monoisotopic (exact) mass is 381 g/mol. The van der Waals surface area contributed by atoms with Gasteiger partial charge in [0, 0.05) is 25.0 Å². The molecule has 0 spiro atoms. The zero-order valence-electron chi connectivity index (χ0n) is 14.3. The van der Waals surface area contributed by atoms with Gasteiger partial charge in [-0.25, -0.2) is 4.98 Å². The van der Waals surface area contributed by atoms with Gasteiger partial charge in [-0.05, 0) is 43.2 Å². The van der Waals surface area contributed by atoms with Gasteiger partial charge < -0.3 is 20.5 Å². The Bertz CT molecular complexity index is 803. The van der Waals surface area contributed by atoms with E-state index in [1.807, 2.05) is 0 Å². The summed E-state index contributed by atoms with van der Waals surface area (Å²) in [4.78, 5) is 15.8. The van der Waals surface area contributed by atoms with Gasteiger partial charge in [-0.2, -0.15) is 13.2 Å². The maximum absolute atomic E-state index is 12.7. The molecule has 0 aliphatic carbocycles. The minimum absolute atomic E-state index is 0.176. The largest absolute Gasteiger partial charge is 0.439 e. The molecule has 0 atom stereocenters. The zero-order valence-corrected chi connectivity index (χ0v) is 14.3. The van der Waals surface area contributed by atoms with Crippen LogP contribution in [0.25, 0.3) is 0 Å². The van der Waals surface area contributed by atoms with Crippen LogP contribution < -0.4 is 15.8 Å². The zero-order chi connectivity index (χ0) is 19.5. The number of nitrogens with two attached hydrogens (primary N) is 1. The number of carbonyl (C=O) groups excluding carboxylic acids is 1. The first-order chi connectivity index (χ1) is 12.8. The first-order valence-corrected chi connectivity index (χ1v) is 8.27. The van der Waals surface area contributed by atoms with E-state index >= 15 is 0 Å². The molecule has 1 aromatic heterocycles. The number of pyridine rings is 1. The van der Waals surface area contributed by atoms with Gasteiger partial charge in [-0.3, -0.25) is 4.79 Å². The molecule has 1 aliphatic rings. The maximum Gasteiger partial charge on any atom is 0.433 e. The smallest absolute Gasteiger partial charge is 0.433 e. The van der Waals surface area contributed by atoms with Crippen LogP contribution in [-0.2, 0) is 15.7 Å². The Hall–Kier alpha value is -2.65. The van der Waals surface area contributed by atoms with Crippen LogP contribution in [0.3, 0.4) is 0 Å². The summed E-state index contributed by atoms with van der Waals surface area (Å²) in [5.74, 6) is -0.197. The van der Waals surface area contributed by atoms with Crippen molar-refractivity contribution in [3.8, 4) is 11.6 Å². The first-order valence-electron chi connectivity index (χ1n) is 8.27. The average Bonchev–Trinajstić information content (AvgIpc) is 2.63. The number of hydrogen-bond donors (Lipinski definition) is 2. The molecular formula is C18H18F3N3O3. The molecule has 6 nitrogen and oxygen atoms in total. The average molecular weight is 381 g/mol. The highest BCUT2D eigenvalue weighted by Crippen LogP contribution is 2.30. The van der Waals surface area contributed by atoms with E-state index in [9.17, 15) is 18.0 Å². The van der Waals surface area contributed by atoms with Gasteiger partial charge in [-0.1, -0.05) is 6.07 Å². The number of anilines is 1. The van der Waals surface area contributed by atoms with E-state index in [4.69, 9.17) is 15.2 Å². The van der Waals surface area contributed by atoms with Gasteiger partial charge in [0.05, 0.1) is 0 Å². The fourth-order valence-corrected chi connectivity index (χ4v) is 2.57. The molecule has 0 unspecified atom stereocenters. The van der Waals surface area contributed by atoms with Crippen molar-refractivity contribution >= 4 is 11.6 Å². The number of halogens is 3. The lowest BCUT2D eigenvalue weighted by Crippen LogP contribution is -2.54. The van der Waals surface area contributed by atoms with Crippen LogP contribution in [0.5, 0.6) is 11.6 Å². The van der Waals surface area contributed by atoms with E-state index in [2.05, 4.69) is 10.3 Å². The van der Waals surface area contributed by atoms with Crippen molar-refractivity contribution < 1.29 is 27.4 Å². The number of rotatable bonds is 4. The molecule has 2 aromatic rings. The van der Waals surface area contributed by atoms with Crippen LogP contribution in [0.2, 0.25) is 0 Å². The van der Waals surface area contributed by atoms with E-state index in [0.717, 1.165) is 6.07 Å². The van der Waals surface area contributed by atoms with Crippen molar-refractivity contribution in [3.63, 3.8) is 0 Å². The van der Waals surface area contributed by atoms with E-state index in [0.29, 0.717) is 31.7 Å². The molecule has 2 heterocycles.